The predicted molar refractivity (Wildman–Crippen MR) is 108 cm³/mol. The molecule has 0 aromatic heterocycles. The van der Waals surface area contributed by atoms with Crippen molar-refractivity contribution in [3.63, 3.8) is 0 Å². The van der Waals surface area contributed by atoms with E-state index in [0.29, 0.717) is 17.4 Å². The molecule has 2 aromatic rings. The van der Waals surface area contributed by atoms with Gasteiger partial charge in [0.05, 0.1) is 12.7 Å². The van der Waals surface area contributed by atoms with E-state index in [1.54, 1.807) is 6.07 Å². The van der Waals surface area contributed by atoms with Gasteiger partial charge in [-0.05, 0) is 73.9 Å². The number of hydrogen-bond donors (Lipinski definition) is 1. The lowest BCUT2D eigenvalue weighted by atomic mass is 9.86. The van der Waals surface area contributed by atoms with Gasteiger partial charge in [-0.3, -0.25) is 4.79 Å². The summed E-state index contributed by atoms with van der Waals surface area (Å²) in [5.74, 6) is 0.687. The van der Waals surface area contributed by atoms with Crippen molar-refractivity contribution in [2.45, 2.75) is 32.8 Å². The molecule has 0 bridgehead atoms. The largest absolute Gasteiger partial charge is 0.378 e. The Kier molecular flexibility index (Phi) is 6.49. The molecule has 0 saturated carbocycles. The molecule has 3 rings (SSSR count). The van der Waals surface area contributed by atoms with Gasteiger partial charge >= 0.3 is 0 Å². The molecule has 3 unspecified atom stereocenters. The summed E-state index contributed by atoms with van der Waals surface area (Å²) in [7, 11) is 0. The van der Waals surface area contributed by atoms with Crippen molar-refractivity contribution in [2.24, 2.45) is 11.8 Å². The monoisotopic (exact) mass is 413 g/mol. The molecular formula is C22H24BrNO2. The lowest BCUT2D eigenvalue weighted by Crippen LogP contribution is -2.31. The molecule has 136 valence electrons. The number of carbonyl (C=O) groups is 1. The Balaban J connectivity index is 1.51. The third kappa shape index (κ3) is 5.18. The van der Waals surface area contributed by atoms with Crippen molar-refractivity contribution < 1.29 is 9.53 Å². The van der Waals surface area contributed by atoms with E-state index < -0.39 is 0 Å². The number of anilines is 1. The summed E-state index contributed by atoms with van der Waals surface area (Å²) >= 11 is 3.39. The summed E-state index contributed by atoms with van der Waals surface area (Å²) in [5.41, 5.74) is 2.70. The molecule has 0 aliphatic carbocycles. The number of ether oxygens (including phenoxy) is 1. The van der Waals surface area contributed by atoms with Crippen LogP contribution in [-0.2, 0) is 11.2 Å². The van der Waals surface area contributed by atoms with Gasteiger partial charge in [0.25, 0.3) is 5.91 Å². The second-order valence-electron chi connectivity index (χ2n) is 6.89. The SMILES string of the molecule is CC1[C]C(CCc2ccc(NC(=O)c3cccc(Br)c3)cc2)COC1C. The van der Waals surface area contributed by atoms with E-state index >= 15 is 0 Å². The molecule has 4 heteroatoms. The quantitative estimate of drug-likeness (QED) is 0.713. The first-order valence-corrected chi connectivity index (χ1v) is 9.84. The second kappa shape index (κ2) is 8.83. The van der Waals surface area contributed by atoms with Gasteiger partial charge in [0.1, 0.15) is 0 Å². The lowest BCUT2D eigenvalue weighted by molar-refractivity contribution is -0.0130. The topological polar surface area (TPSA) is 38.3 Å². The van der Waals surface area contributed by atoms with E-state index in [0.717, 1.165) is 29.6 Å². The molecule has 1 fully saturated rings. The van der Waals surface area contributed by atoms with Gasteiger partial charge in [-0.1, -0.05) is 41.1 Å². The van der Waals surface area contributed by atoms with Crippen molar-refractivity contribution in [1.82, 2.24) is 0 Å². The van der Waals surface area contributed by atoms with Crippen LogP contribution in [0.3, 0.4) is 0 Å². The fourth-order valence-corrected chi connectivity index (χ4v) is 3.46. The third-order valence-electron chi connectivity index (χ3n) is 4.84. The molecule has 26 heavy (non-hydrogen) atoms. The molecule has 1 saturated heterocycles. The summed E-state index contributed by atoms with van der Waals surface area (Å²) in [6, 6.07) is 15.4. The van der Waals surface area contributed by atoms with Crippen molar-refractivity contribution in [3.8, 4) is 0 Å². The highest BCUT2D eigenvalue weighted by molar-refractivity contribution is 9.10. The van der Waals surface area contributed by atoms with Crippen LogP contribution in [0.5, 0.6) is 0 Å². The summed E-state index contributed by atoms with van der Waals surface area (Å²) in [6.07, 6.45) is 5.92. The number of amides is 1. The maximum absolute atomic E-state index is 12.3. The summed E-state index contributed by atoms with van der Waals surface area (Å²) in [6.45, 7) is 5.04. The van der Waals surface area contributed by atoms with E-state index in [-0.39, 0.29) is 12.0 Å². The highest BCUT2D eigenvalue weighted by Gasteiger charge is 2.25. The number of hydrogen-bond acceptors (Lipinski definition) is 2. The molecule has 3 atom stereocenters. The first-order chi connectivity index (χ1) is 12.5. The standard InChI is InChI=1S/C22H24BrNO2/c1-15-12-18(14-26-16(15)2)7-6-17-8-10-21(11-9-17)24-22(25)19-4-3-5-20(23)13-19/h3-5,8-11,13,15-16,18H,6-7,14H2,1-2H3,(H,24,25). The molecule has 1 aliphatic heterocycles. The third-order valence-corrected chi connectivity index (χ3v) is 5.34. The van der Waals surface area contributed by atoms with Crippen LogP contribution >= 0.6 is 15.9 Å². The maximum Gasteiger partial charge on any atom is 0.255 e. The average Bonchev–Trinajstić information content (AvgIpc) is 2.64. The number of nitrogens with one attached hydrogen (secondary N) is 1. The van der Waals surface area contributed by atoms with E-state index in [2.05, 4.69) is 53.6 Å². The molecule has 2 radical (unpaired) electrons. The Morgan fingerprint density at radius 1 is 1.23 bits per heavy atom. The van der Waals surface area contributed by atoms with E-state index in [1.807, 2.05) is 30.3 Å². The molecule has 1 amide bonds. The minimum Gasteiger partial charge on any atom is -0.378 e. The van der Waals surface area contributed by atoms with Gasteiger partial charge in [0.2, 0.25) is 0 Å². The lowest BCUT2D eigenvalue weighted by Gasteiger charge is -2.31. The average molecular weight is 414 g/mol. The van der Waals surface area contributed by atoms with Crippen molar-refractivity contribution in [2.75, 3.05) is 11.9 Å². The predicted octanol–water partition coefficient (Wildman–Crippen LogP) is 5.39. The van der Waals surface area contributed by atoms with Gasteiger partial charge in [-0.25, -0.2) is 0 Å². The Morgan fingerprint density at radius 2 is 2.00 bits per heavy atom. The van der Waals surface area contributed by atoms with Gasteiger partial charge in [0.15, 0.2) is 0 Å². The van der Waals surface area contributed by atoms with Crippen LogP contribution in [0.2, 0.25) is 0 Å². The molecule has 1 heterocycles. The molecule has 1 aliphatic rings. The first-order valence-electron chi connectivity index (χ1n) is 9.05. The van der Waals surface area contributed by atoms with Crippen LogP contribution in [-0.4, -0.2) is 18.6 Å². The molecule has 3 nitrogen and oxygen atoms in total. The zero-order chi connectivity index (χ0) is 18.5. The highest BCUT2D eigenvalue weighted by Crippen LogP contribution is 2.27. The Bertz CT molecular complexity index is 744. The van der Waals surface area contributed by atoms with Crippen molar-refractivity contribution in [3.05, 3.63) is 70.6 Å². The first kappa shape index (κ1) is 19.1. The number of carbonyl (C=O) groups excluding carboxylic acids is 1. The molecular weight excluding hydrogens is 390 g/mol. The number of benzene rings is 2. The van der Waals surface area contributed by atoms with Crippen LogP contribution in [0.15, 0.2) is 53.0 Å². The van der Waals surface area contributed by atoms with Gasteiger partial charge < -0.3 is 10.1 Å². The van der Waals surface area contributed by atoms with E-state index in [9.17, 15) is 4.79 Å². The van der Waals surface area contributed by atoms with Gasteiger partial charge in [0, 0.05) is 15.7 Å². The zero-order valence-electron chi connectivity index (χ0n) is 15.2. The highest BCUT2D eigenvalue weighted by atomic mass is 79.9. The Labute approximate surface area is 164 Å². The smallest absolute Gasteiger partial charge is 0.255 e. The van der Waals surface area contributed by atoms with Crippen molar-refractivity contribution in [1.29, 1.82) is 0 Å². The van der Waals surface area contributed by atoms with Crippen LogP contribution in [0.4, 0.5) is 5.69 Å². The maximum atomic E-state index is 12.3. The van der Waals surface area contributed by atoms with E-state index in [4.69, 9.17) is 4.74 Å². The second-order valence-corrected chi connectivity index (χ2v) is 7.81. The van der Waals surface area contributed by atoms with Crippen LogP contribution in [0.25, 0.3) is 0 Å². The van der Waals surface area contributed by atoms with Crippen molar-refractivity contribution >= 4 is 27.5 Å². The number of halogens is 1. The van der Waals surface area contributed by atoms with Gasteiger partial charge in [-0.15, -0.1) is 0 Å². The fraction of sp³-hybridized carbons (Fsp3) is 0.364. The minimum absolute atomic E-state index is 0.106. The summed E-state index contributed by atoms with van der Waals surface area (Å²) in [5, 5.41) is 2.94. The van der Waals surface area contributed by atoms with Crippen LogP contribution in [0.1, 0.15) is 36.2 Å². The minimum atomic E-state index is -0.106. The molecule has 1 N–H and O–H groups in total. The normalized spacial score (nSPS) is 22.8. The molecule has 0 spiro atoms. The number of aryl methyl sites for hydroxylation is 1. The van der Waals surface area contributed by atoms with E-state index in [1.165, 1.54) is 5.56 Å². The van der Waals surface area contributed by atoms with Crippen LogP contribution < -0.4 is 5.32 Å². The Morgan fingerprint density at radius 3 is 2.69 bits per heavy atom. The zero-order valence-corrected chi connectivity index (χ0v) is 16.8. The fourth-order valence-electron chi connectivity index (χ4n) is 3.06. The number of rotatable bonds is 5. The van der Waals surface area contributed by atoms with Gasteiger partial charge in [-0.2, -0.15) is 0 Å². The Hall–Kier alpha value is -1.65. The molecule has 2 aromatic carbocycles. The summed E-state index contributed by atoms with van der Waals surface area (Å²) < 4.78 is 6.68. The summed E-state index contributed by atoms with van der Waals surface area (Å²) in [4.78, 5) is 12.3. The van der Waals surface area contributed by atoms with Crippen LogP contribution in [0, 0.1) is 18.3 Å².